The summed E-state index contributed by atoms with van der Waals surface area (Å²) in [5, 5.41) is 5.79. The molecule has 5 heteroatoms. The van der Waals surface area contributed by atoms with Crippen molar-refractivity contribution in [3.8, 4) is 33.4 Å². The predicted molar refractivity (Wildman–Crippen MR) is 257 cm³/mol. The lowest BCUT2D eigenvalue weighted by atomic mass is 9.98. The number of benzene rings is 9. The van der Waals surface area contributed by atoms with Crippen molar-refractivity contribution in [2.45, 2.75) is 6.17 Å². The second-order valence-electron chi connectivity index (χ2n) is 15.4. The van der Waals surface area contributed by atoms with Gasteiger partial charge in [-0.15, -0.1) is 0 Å². The molecule has 0 spiro atoms. The summed E-state index contributed by atoms with van der Waals surface area (Å²) < 4.78 is 6.66. The van der Waals surface area contributed by atoms with E-state index in [4.69, 9.17) is 14.4 Å². The molecule has 294 valence electrons. The minimum atomic E-state index is -0.291. The fraction of sp³-hybridized carbons (Fsp3) is 0.0175. The summed E-state index contributed by atoms with van der Waals surface area (Å²) in [4.78, 5) is 12.6. The van der Waals surface area contributed by atoms with Crippen molar-refractivity contribution in [2.75, 3.05) is 4.90 Å². The van der Waals surface area contributed by atoms with Crippen molar-refractivity contribution in [3.05, 3.63) is 247 Å². The SMILES string of the molecule is c1ccc(-c2cccc(C3=NC(c4ccccc4)NC(c4ccc(-c5cccc6oc7cc(N(c8ccccc8)c8cccc(-c9ccccc9)c8)ccc7c56)cc4)=N3)c2)cc1. The number of nitrogens with one attached hydrogen (secondary N) is 1. The standard InChI is InChI=1S/C57H40N4O/c1-5-16-39(17-6-1)44-22-13-24-46(36-44)57-59-55(42-20-9-3-10-21-42)58-56(60-57)43-32-30-41(31-33-43)50-28-15-29-52-54(50)51-35-34-49(38-53(51)62-52)61(47-25-11-4-12-26-47)48-27-14-23-45(37-48)40-18-7-2-8-19-40/h1-38,55H,(H,58,59,60). The number of hydrogen-bond acceptors (Lipinski definition) is 5. The van der Waals surface area contributed by atoms with E-state index >= 15 is 0 Å². The summed E-state index contributed by atoms with van der Waals surface area (Å²) in [5.41, 5.74) is 14.7. The van der Waals surface area contributed by atoms with Crippen molar-refractivity contribution in [1.29, 1.82) is 0 Å². The first-order valence-corrected chi connectivity index (χ1v) is 20.9. The van der Waals surface area contributed by atoms with Gasteiger partial charge in [0.2, 0.25) is 0 Å². The van der Waals surface area contributed by atoms with Gasteiger partial charge >= 0.3 is 0 Å². The molecule has 0 radical (unpaired) electrons. The molecule has 0 aliphatic carbocycles. The van der Waals surface area contributed by atoms with E-state index in [1.165, 1.54) is 5.56 Å². The van der Waals surface area contributed by atoms with Crippen molar-refractivity contribution in [2.24, 2.45) is 9.98 Å². The summed E-state index contributed by atoms with van der Waals surface area (Å²) in [6.07, 6.45) is -0.291. The minimum Gasteiger partial charge on any atom is -0.456 e. The number of rotatable bonds is 9. The zero-order valence-electron chi connectivity index (χ0n) is 33.8. The molecule has 0 amide bonds. The lowest BCUT2D eigenvalue weighted by Crippen LogP contribution is -2.33. The van der Waals surface area contributed by atoms with Gasteiger partial charge in [-0.3, -0.25) is 0 Å². The second-order valence-corrected chi connectivity index (χ2v) is 15.4. The average molecular weight is 797 g/mol. The van der Waals surface area contributed by atoms with Gasteiger partial charge in [0, 0.05) is 45.0 Å². The number of anilines is 3. The Morgan fingerprint density at radius 1 is 0.403 bits per heavy atom. The van der Waals surface area contributed by atoms with Crippen LogP contribution in [0.5, 0.6) is 0 Å². The number of nitrogens with zero attached hydrogens (tertiary/aromatic N) is 3. The molecule has 2 heterocycles. The molecular formula is C57H40N4O. The van der Waals surface area contributed by atoms with E-state index < -0.39 is 0 Å². The lowest BCUT2D eigenvalue weighted by molar-refractivity contribution is 0.669. The summed E-state index contributed by atoms with van der Waals surface area (Å²) in [6.45, 7) is 0. The van der Waals surface area contributed by atoms with Gasteiger partial charge in [-0.05, 0) is 87.5 Å². The van der Waals surface area contributed by atoms with E-state index in [0.717, 1.165) is 89.3 Å². The molecule has 0 fully saturated rings. The molecule has 0 saturated carbocycles. The topological polar surface area (TPSA) is 53.1 Å². The highest BCUT2D eigenvalue weighted by Gasteiger charge is 2.22. The Kier molecular flexibility index (Phi) is 9.52. The predicted octanol–water partition coefficient (Wildman–Crippen LogP) is 14.6. The molecule has 0 saturated heterocycles. The quantitative estimate of drug-likeness (QED) is 0.158. The Morgan fingerprint density at radius 3 is 1.69 bits per heavy atom. The largest absolute Gasteiger partial charge is 0.456 e. The van der Waals surface area contributed by atoms with Crippen LogP contribution in [0.2, 0.25) is 0 Å². The van der Waals surface area contributed by atoms with E-state index in [1.807, 2.05) is 24.3 Å². The van der Waals surface area contributed by atoms with Crippen LogP contribution in [-0.4, -0.2) is 11.7 Å². The zero-order chi connectivity index (χ0) is 41.2. The maximum Gasteiger partial charge on any atom is 0.159 e. The van der Waals surface area contributed by atoms with Crippen LogP contribution in [0.15, 0.2) is 245 Å². The van der Waals surface area contributed by atoms with E-state index in [-0.39, 0.29) is 6.17 Å². The second kappa shape index (κ2) is 16.1. The highest BCUT2D eigenvalue weighted by atomic mass is 16.3. The first kappa shape index (κ1) is 36.8. The number of aliphatic imine (C=N–C) groups is 2. The van der Waals surface area contributed by atoms with Crippen molar-refractivity contribution >= 4 is 50.7 Å². The molecular weight excluding hydrogens is 757 g/mol. The molecule has 5 nitrogen and oxygen atoms in total. The fourth-order valence-electron chi connectivity index (χ4n) is 8.48. The molecule has 1 N–H and O–H groups in total. The van der Waals surface area contributed by atoms with Gasteiger partial charge in [-0.25, -0.2) is 9.98 Å². The van der Waals surface area contributed by atoms with Crippen LogP contribution in [0, 0.1) is 0 Å². The van der Waals surface area contributed by atoms with Crippen LogP contribution in [-0.2, 0) is 0 Å². The maximum atomic E-state index is 6.66. The number of para-hydroxylation sites is 1. The number of hydrogen-bond donors (Lipinski definition) is 1. The maximum absolute atomic E-state index is 6.66. The Bertz CT molecular complexity index is 3250. The van der Waals surface area contributed by atoms with Crippen molar-refractivity contribution in [1.82, 2.24) is 5.32 Å². The normalized spacial score (nSPS) is 13.6. The van der Waals surface area contributed by atoms with Gasteiger partial charge in [0.05, 0.1) is 0 Å². The van der Waals surface area contributed by atoms with Gasteiger partial charge in [-0.2, -0.15) is 0 Å². The van der Waals surface area contributed by atoms with Crippen LogP contribution in [0.25, 0.3) is 55.3 Å². The lowest BCUT2D eigenvalue weighted by Gasteiger charge is -2.26. The summed E-state index contributed by atoms with van der Waals surface area (Å²) in [5.74, 6) is 1.47. The van der Waals surface area contributed by atoms with E-state index in [0.29, 0.717) is 5.84 Å². The van der Waals surface area contributed by atoms with Gasteiger partial charge in [0.25, 0.3) is 0 Å². The smallest absolute Gasteiger partial charge is 0.159 e. The Labute approximate surface area is 360 Å². The average Bonchev–Trinajstić information content (AvgIpc) is 3.74. The van der Waals surface area contributed by atoms with Crippen molar-refractivity contribution < 1.29 is 4.42 Å². The van der Waals surface area contributed by atoms with Crippen LogP contribution in [0.3, 0.4) is 0 Å². The monoisotopic (exact) mass is 796 g/mol. The highest BCUT2D eigenvalue weighted by molar-refractivity contribution is 6.15. The Morgan fingerprint density at radius 2 is 0.968 bits per heavy atom. The fourth-order valence-corrected chi connectivity index (χ4v) is 8.48. The van der Waals surface area contributed by atoms with Crippen LogP contribution >= 0.6 is 0 Å². The van der Waals surface area contributed by atoms with Gasteiger partial charge in [-0.1, -0.05) is 176 Å². The van der Waals surface area contributed by atoms with Crippen LogP contribution in [0.4, 0.5) is 17.1 Å². The summed E-state index contributed by atoms with van der Waals surface area (Å²) in [7, 11) is 0. The summed E-state index contributed by atoms with van der Waals surface area (Å²) >= 11 is 0. The first-order valence-electron chi connectivity index (χ1n) is 20.9. The third-order valence-electron chi connectivity index (χ3n) is 11.5. The molecule has 0 bridgehead atoms. The number of furan rings is 1. The number of fused-ring (bicyclic) bond motifs is 3. The molecule has 1 aliphatic rings. The van der Waals surface area contributed by atoms with E-state index in [9.17, 15) is 0 Å². The summed E-state index contributed by atoms with van der Waals surface area (Å²) in [6, 6.07) is 80.5. The third-order valence-corrected chi connectivity index (χ3v) is 11.5. The van der Waals surface area contributed by atoms with Gasteiger partial charge in [0.15, 0.2) is 5.84 Å². The van der Waals surface area contributed by atoms with E-state index in [1.54, 1.807) is 0 Å². The van der Waals surface area contributed by atoms with Crippen molar-refractivity contribution in [3.63, 3.8) is 0 Å². The molecule has 1 atom stereocenters. The first-order chi connectivity index (χ1) is 30.7. The molecule has 9 aromatic carbocycles. The molecule has 10 aromatic rings. The van der Waals surface area contributed by atoms with E-state index in [2.05, 4.69) is 216 Å². The van der Waals surface area contributed by atoms with Gasteiger partial charge in [0.1, 0.15) is 23.2 Å². The molecule has 11 rings (SSSR count). The van der Waals surface area contributed by atoms with Crippen LogP contribution < -0.4 is 10.2 Å². The van der Waals surface area contributed by atoms with Crippen LogP contribution in [0.1, 0.15) is 22.9 Å². The molecule has 62 heavy (non-hydrogen) atoms. The Balaban J connectivity index is 0.945. The highest BCUT2D eigenvalue weighted by Crippen LogP contribution is 2.42. The minimum absolute atomic E-state index is 0.291. The molecule has 1 aliphatic heterocycles. The Hall–Kier alpha value is -8.28. The zero-order valence-corrected chi connectivity index (χ0v) is 33.8. The molecule has 1 aromatic heterocycles. The number of amidine groups is 2. The van der Waals surface area contributed by atoms with Gasteiger partial charge < -0.3 is 14.6 Å². The third kappa shape index (κ3) is 7.12. The molecule has 1 unspecified atom stereocenters.